The van der Waals surface area contributed by atoms with Crippen LogP contribution in [0.1, 0.15) is 15.9 Å². The molecule has 1 amide bonds. The summed E-state index contributed by atoms with van der Waals surface area (Å²) in [4.78, 5) is 14.2. The number of anilines is 2. The van der Waals surface area contributed by atoms with Crippen LogP contribution in [-0.2, 0) is 4.74 Å². The van der Waals surface area contributed by atoms with Gasteiger partial charge in [0.05, 0.1) is 13.2 Å². The number of hydrogen-bond donors (Lipinski definition) is 2. The molecule has 2 aromatic rings. The van der Waals surface area contributed by atoms with E-state index >= 15 is 0 Å². The van der Waals surface area contributed by atoms with Crippen molar-refractivity contribution in [1.82, 2.24) is 4.90 Å². The third-order valence-corrected chi connectivity index (χ3v) is 4.17. The van der Waals surface area contributed by atoms with Gasteiger partial charge >= 0.3 is 0 Å². The van der Waals surface area contributed by atoms with Gasteiger partial charge in [0.2, 0.25) is 0 Å². The first-order valence-electron chi connectivity index (χ1n) is 8.23. The summed E-state index contributed by atoms with van der Waals surface area (Å²) in [6.45, 7) is 4.52. The second kappa shape index (κ2) is 8.09. The molecule has 1 fully saturated rings. The van der Waals surface area contributed by atoms with Gasteiger partial charge in [-0.3, -0.25) is 4.79 Å². The Hall–Kier alpha value is -2.44. The molecule has 0 bridgehead atoms. The zero-order valence-corrected chi connectivity index (χ0v) is 14.9. The molecular formula is C19H21N3O2S. The number of benzene rings is 2. The topological polar surface area (TPSA) is 53.6 Å². The van der Waals surface area contributed by atoms with E-state index in [-0.39, 0.29) is 5.91 Å². The minimum absolute atomic E-state index is 0.0373. The van der Waals surface area contributed by atoms with Crippen LogP contribution in [0.25, 0.3) is 0 Å². The van der Waals surface area contributed by atoms with Crippen LogP contribution in [-0.4, -0.2) is 42.2 Å². The maximum Gasteiger partial charge on any atom is 0.254 e. The van der Waals surface area contributed by atoms with Gasteiger partial charge in [0.15, 0.2) is 5.11 Å². The normalized spacial score (nSPS) is 14.0. The van der Waals surface area contributed by atoms with Crippen molar-refractivity contribution in [2.24, 2.45) is 0 Å². The fraction of sp³-hybridized carbons (Fsp3) is 0.263. The lowest BCUT2D eigenvalue weighted by Gasteiger charge is -2.26. The van der Waals surface area contributed by atoms with Crippen molar-refractivity contribution in [2.75, 3.05) is 36.9 Å². The SMILES string of the molecule is Cc1cccc(NC(=S)Nc2ccc(C(=O)N3CCOCC3)cc2)c1. The lowest BCUT2D eigenvalue weighted by Crippen LogP contribution is -2.40. The molecule has 2 N–H and O–H groups in total. The third-order valence-electron chi connectivity index (χ3n) is 3.96. The number of amides is 1. The molecule has 0 saturated carbocycles. The lowest BCUT2D eigenvalue weighted by molar-refractivity contribution is 0.0303. The van der Waals surface area contributed by atoms with Gasteiger partial charge in [-0.1, -0.05) is 12.1 Å². The van der Waals surface area contributed by atoms with E-state index in [1.807, 2.05) is 60.4 Å². The summed E-state index contributed by atoms with van der Waals surface area (Å²) in [6.07, 6.45) is 0. The average Bonchev–Trinajstić information content (AvgIpc) is 2.62. The average molecular weight is 355 g/mol. The molecule has 2 aromatic carbocycles. The minimum Gasteiger partial charge on any atom is -0.378 e. The van der Waals surface area contributed by atoms with E-state index in [0.29, 0.717) is 37.0 Å². The zero-order chi connectivity index (χ0) is 17.6. The van der Waals surface area contributed by atoms with Crippen LogP contribution in [0.2, 0.25) is 0 Å². The highest BCUT2D eigenvalue weighted by Gasteiger charge is 2.18. The largest absolute Gasteiger partial charge is 0.378 e. The quantitative estimate of drug-likeness (QED) is 0.828. The molecule has 0 atom stereocenters. The first kappa shape index (κ1) is 17.4. The van der Waals surface area contributed by atoms with E-state index in [1.165, 1.54) is 5.56 Å². The van der Waals surface area contributed by atoms with E-state index in [2.05, 4.69) is 10.6 Å². The lowest BCUT2D eigenvalue weighted by atomic mass is 10.1. The van der Waals surface area contributed by atoms with Crippen molar-refractivity contribution in [1.29, 1.82) is 0 Å². The van der Waals surface area contributed by atoms with Crippen LogP contribution < -0.4 is 10.6 Å². The number of ether oxygens (including phenoxy) is 1. The number of nitrogens with zero attached hydrogens (tertiary/aromatic N) is 1. The number of nitrogens with one attached hydrogen (secondary N) is 2. The van der Waals surface area contributed by atoms with E-state index in [0.717, 1.165) is 11.4 Å². The predicted octanol–water partition coefficient (Wildman–Crippen LogP) is 3.28. The van der Waals surface area contributed by atoms with Crippen LogP contribution in [0.3, 0.4) is 0 Å². The summed E-state index contributed by atoms with van der Waals surface area (Å²) in [5, 5.41) is 6.79. The number of aryl methyl sites for hydroxylation is 1. The number of rotatable bonds is 3. The molecule has 0 aliphatic carbocycles. The van der Waals surface area contributed by atoms with Crippen LogP contribution in [0, 0.1) is 6.92 Å². The fourth-order valence-corrected chi connectivity index (χ4v) is 2.90. The molecule has 0 spiro atoms. The molecule has 0 aromatic heterocycles. The summed E-state index contributed by atoms with van der Waals surface area (Å²) in [5.41, 5.74) is 3.61. The smallest absolute Gasteiger partial charge is 0.254 e. The number of thiocarbonyl (C=S) groups is 1. The highest BCUT2D eigenvalue weighted by Crippen LogP contribution is 2.14. The van der Waals surface area contributed by atoms with Crippen LogP contribution in [0.4, 0.5) is 11.4 Å². The highest BCUT2D eigenvalue weighted by molar-refractivity contribution is 7.80. The summed E-state index contributed by atoms with van der Waals surface area (Å²) in [6, 6.07) is 15.3. The maximum absolute atomic E-state index is 12.4. The molecule has 1 aliphatic rings. The van der Waals surface area contributed by atoms with Gasteiger partial charge in [0.25, 0.3) is 5.91 Å². The van der Waals surface area contributed by atoms with Crippen molar-refractivity contribution in [3.8, 4) is 0 Å². The Morgan fingerprint density at radius 1 is 1.04 bits per heavy atom. The van der Waals surface area contributed by atoms with Gasteiger partial charge in [0, 0.05) is 30.0 Å². The van der Waals surface area contributed by atoms with E-state index in [1.54, 1.807) is 0 Å². The Kier molecular flexibility index (Phi) is 5.63. The Balaban J connectivity index is 1.58. The van der Waals surface area contributed by atoms with Gasteiger partial charge in [-0.05, 0) is 61.1 Å². The minimum atomic E-state index is 0.0373. The predicted molar refractivity (Wildman–Crippen MR) is 104 cm³/mol. The highest BCUT2D eigenvalue weighted by atomic mass is 32.1. The Labute approximate surface area is 153 Å². The summed E-state index contributed by atoms with van der Waals surface area (Å²) in [5.74, 6) is 0.0373. The Morgan fingerprint density at radius 3 is 2.40 bits per heavy atom. The second-order valence-electron chi connectivity index (χ2n) is 5.93. The van der Waals surface area contributed by atoms with Crippen LogP contribution >= 0.6 is 12.2 Å². The molecule has 0 radical (unpaired) electrons. The molecule has 3 rings (SSSR count). The molecule has 25 heavy (non-hydrogen) atoms. The van der Waals surface area contributed by atoms with E-state index in [4.69, 9.17) is 17.0 Å². The standard InChI is InChI=1S/C19H21N3O2S/c1-14-3-2-4-17(13-14)21-19(25)20-16-7-5-15(6-8-16)18(23)22-9-11-24-12-10-22/h2-8,13H,9-12H2,1H3,(H2,20,21,25). The van der Waals surface area contributed by atoms with Crippen molar-refractivity contribution in [3.63, 3.8) is 0 Å². The molecule has 0 unspecified atom stereocenters. The van der Waals surface area contributed by atoms with Gasteiger partial charge < -0.3 is 20.3 Å². The third kappa shape index (κ3) is 4.78. The van der Waals surface area contributed by atoms with Gasteiger partial charge in [-0.2, -0.15) is 0 Å². The molecule has 1 aliphatic heterocycles. The summed E-state index contributed by atoms with van der Waals surface area (Å²) in [7, 11) is 0. The van der Waals surface area contributed by atoms with Crippen LogP contribution in [0.5, 0.6) is 0 Å². The van der Waals surface area contributed by atoms with Crippen molar-refractivity contribution < 1.29 is 9.53 Å². The van der Waals surface area contributed by atoms with Crippen molar-refractivity contribution in [2.45, 2.75) is 6.92 Å². The zero-order valence-electron chi connectivity index (χ0n) is 14.1. The van der Waals surface area contributed by atoms with Crippen LogP contribution in [0.15, 0.2) is 48.5 Å². The molecule has 1 heterocycles. The first-order chi connectivity index (χ1) is 12.1. The maximum atomic E-state index is 12.4. The Morgan fingerprint density at radius 2 is 1.72 bits per heavy atom. The molecule has 1 saturated heterocycles. The van der Waals surface area contributed by atoms with E-state index in [9.17, 15) is 4.79 Å². The number of hydrogen-bond acceptors (Lipinski definition) is 3. The molecular weight excluding hydrogens is 334 g/mol. The van der Waals surface area contributed by atoms with E-state index < -0.39 is 0 Å². The Bertz CT molecular complexity index is 756. The van der Waals surface area contributed by atoms with Gasteiger partial charge in [0.1, 0.15) is 0 Å². The fourth-order valence-electron chi connectivity index (χ4n) is 2.66. The number of carbonyl (C=O) groups excluding carboxylic acids is 1. The number of morpholine rings is 1. The monoisotopic (exact) mass is 355 g/mol. The number of carbonyl (C=O) groups is 1. The molecule has 5 nitrogen and oxygen atoms in total. The first-order valence-corrected chi connectivity index (χ1v) is 8.64. The van der Waals surface area contributed by atoms with Gasteiger partial charge in [-0.15, -0.1) is 0 Å². The summed E-state index contributed by atoms with van der Waals surface area (Å²) >= 11 is 5.34. The van der Waals surface area contributed by atoms with Gasteiger partial charge in [-0.25, -0.2) is 0 Å². The molecule has 130 valence electrons. The van der Waals surface area contributed by atoms with Crippen molar-refractivity contribution >= 4 is 34.6 Å². The second-order valence-corrected chi connectivity index (χ2v) is 6.34. The molecule has 6 heteroatoms. The summed E-state index contributed by atoms with van der Waals surface area (Å²) < 4.78 is 5.28. The van der Waals surface area contributed by atoms with Crippen molar-refractivity contribution in [3.05, 3.63) is 59.7 Å².